The van der Waals surface area contributed by atoms with E-state index in [0.29, 0.717) is 17.3 Å². The Morgan fingerprint density at radius 1 is 0.958 bits per heavy atom. The summed E-state index contributed by atoms with van der Waals surface area (Å²) < 4.78 is 0. The Kier molecular flexibility index (Phi) is 6.33. The fourth-order valence-electron chi connectivity index (χ4n) is 2.41. The number of nitrogens with zero attached hydrogens (tertiary/aromatic N) is 3. The van der Waals surface area contributed by atoms with E-state index in [4.69, 9.17) is 0 Å². The molecule has 0 aliphatic heterocycles. The molecule has 0 saturated carbocycles. The number of anilines is 2. The first kappa shape index (κ1) is 18.4. The lowest BCUT2D eigenvalue weighted by Crippen LogP contribution is -2.26. The van der Waals surface area contributed by atoms with E-state index in [9.17, 15) is 10.2 Å². The predicted molar refractivity (Wildman–Crippen MR) is 95.3 cm³/mol. The number of hydrogen-bond acceptors (Lipinski definition) is 7. The molecule has 0 amide bonds. The minimum Gasteiger partial charge on any atom is -0.394 e. The first-order valence-electron chi connectivity index (χ1n) is 8.54. The molecule has 2 atom stereocenters. The monoisotopic (exact) mass is 336 g/mol. The second-order valence-corrected chi connectivity index (χ2v) is 6.25. The van der Waals surface area contributed by atoms with Crippen molar-refractivity contribution in [1.29, 1.82) is 0 Å². The van der Waals surface area contributed by atoms with Crippen LogP contribution in [0.1, 0.15) is 52.1 Å². The lowest BCUT2D eigenvalue weighted by atomic mass is 10.1. The number of H-pyrrole nitrogens is 1. The topological polar surface area (TPSA) is 119 Å². The van der Waals surface area contributed by atoms with Crippen molar-refractivity contribution in [3.05, 3.63) is 5.69 Å². The van der Waals surface area contributed by atoms with Crippen LogP contribution < -0.4 is 10.6 Å². The van der Waals surface area contributed by atoms with Crippen molar-refractivity contribution in [2.24, 2.45) is 0 Å². The maximum Gasteiger partial charge on any atom is 0.225 e. The lowest BCUT2D eigenvalue weighted by molar-refractivity contribution is 0.271. The Bertz CT molecular complexity index is 649. The van der Waals surface area contributed by atoms with Gasteiger partial charge in [0.05, 0.1) is 31.0 Å². The minimum atomic E-state index is -0.107. The van der Waals surface area contributed by atoms with Gasteiger partial charge in [0.15, 0.2) is 11.3 Å². The average molecular weight is 336 g/mol. The fraction of sp³-hybridized carbons (Fsp3) is 0.688. The third kappa shape index (κ3) is 3.93. The van der Waals surface area contributed by atoms with Gasteiger partial charge < -0.3 is 20.8 Å². The number of aliphatic hydroxyl groups is 2. The molecule has 8 heteroatoms. The molecule has 0 aliphatic carbocycles. The van der Waals surface area contributed by atoms with Crippen molar-refractivity contribution >= 4 is 22.8 Å². The Balaban J connectivity index is 2.48. The highest BCUT2D eigenvalue weighted by Gasteiger charge is 2.19. The van der Waals surface area contributed by atoms with Crippen LogP contribution in [0.4, 0.5) is 11.8 Å². The molecule has 5 N–H and O–H groups in total. The summed E-state index contributed by atoms with van der Waals surface area (Å²) in [6.45, 7) is 8.15. The van der Waals surface area contributed by atoms with Gasteiger partial charge in [0.2, 0.25) is 5.95 Å². The molecule has 0 bridgehead atoms. The normalized spacial score (nSPS) is 14.1. The summed E-state index contributed by atoms with van der Waals surface area (Å²) >= 11 is 0. The van der Waals surface area contributed by atoms with E-state index in [1.807, 2.05) is 13.8 Å². The maximum absolute atomic E-state index is 9.46. The number of aliphatic hydroxyl groups excluding tert-OH is 2. The van der Waals surface area contributed by atoms with Gasteiger partial charge in [-0.1, -0.05) is 27.7 Å². The van der Waals surface area contributed by atoms with Crippen LogP contribution >= 0.6 is 0 Å². The molecule has 0 radical (unpaired) electrons. The Morgan fingerprint density at radius 2 is 1.58 bits per heavy atom. The second-order valence-electron chi connectivity index (χ2n) is 6.25. The third-order valence-corrected chi connectivity index (χ3v) is 4.11. The van der Waals surface area contributed by atoms with E-state index in [1.165, 1.54) is 0 Å². The van der Waals surface area contributed by atoms with Gasteiger partial charge in [-0.2, -0.15) is 10.1 Å². The summed E-state index contributed by atoms with van der Waals surface area (Å²) in [5.41, 5.74) is 2.35. The molecule has 8 nitrogen and oxygen atoms in total. The zero-order valence-electron chi connectivity index (χ0n) is 14.8. The fourth-order valence-corrected chi connectivity index (χ4v) is 2.41. The molecule has 0 aliphatic rings. The number of aromatic amines is 1. The van der Waals surface area contributed by atoms with Crippen molar-refractivity contribution in [2.45, 2.75) is 58.5 Å². The van der Waals surface area contributed by atoms with Crippen LogP contribution in [0, 0.1) is 0 Å². The molecule has 0 aromatic carbocycles. The van der Waals surface area contributed by atoms with Crippen molar-refractivity contribution in [1.82, 2.24) is 20.2 Å². The van der Waals surface area contributed by atoms with Gasteiger partial charge in [-0.15, -0.1) is 0 Å². The number of hydrogen-bond donors (Lipinski definition) is 5. The standard InChI is InChI=1S/C16H28N6O2/c1-5-10(7-23)17-15-14-13(12(9(3)4)21-22-14)19-16(20-15)18-11(6-2)8-24/h9-11,23-24H,5-8H2,1-4H3,(H,21,22)(H2,17,18,19,20). The first-order valence-corrected chi connectivity index (χ1v) is 8.54. The van der Waals surface area contributed by atoms with Crippen LogP contribution in [0.2, 0.25) is 0 Å². The van der Waals surface area contributed by atoms with E-state index in [-0.39, 0.29) is 31.2 Å². The summed E-state index contributed by atoms with van der Waals surface area (Å²) in [5.74, 6) is 1.27. The summed E-state index contributed by atoms with van der Waals surface area (Å²) in [7, 11) is 0. The minimum absolute atomic E-state index is 0.0112. The van der Waals surface area contributed by atoms with Crippen molar-refractivity contribution in [3.63, 3.8) is 0 Å². The van der Waals surface area contributed by atoms with Crippen LogP contribution in [0.5, 0.6) is 0 Å². The predicted octanol–water partition coefficient (Wildman–Crippen LogP) is 1.84. The number of rotatable bonds is 9. The van der Waals surface area contributed by atoms with Crippen LogP contribution in [-0.4, -0.2) is 55.7 Å². The van der Waals surface area contributed by atoms with Gasteiger partial charge in [-0.25, -0.2) is 4.98 Å². The van der Waals surface area contributed by atoms with Crippen molar-refractivity contribution in [2.75, 3.05) is 23.8 Å². The van der Waals surface area contributed by atoms with E-state index in [0.717, 1.165) is 24.1 Å². The number of aromatic nitrogens is 4. The van der Waals surface area contributed by atoms with Gasteiger partial charge in [0.1, 0.15) is 5.52 Å². The highest BCUT2D eigenvalue weighted by Crippen LogP contribution is 2.27. The largest absolute Gasteiger partial charge is 0.394 e. The molecule has 0 fully saturated rings. The Labute approximate surface area is 142 Å². The molecular formula is C16H28N6O2. The zero-order chi connectivity index (χ0) is 17.7. The second kappa shape index (κ2) is 8.25. The third-order valence-electron chi connectivity index (χ3n) is 4.11. The van der Waals surface area contributed by atoms with Crippen LogP contribution in [0.15, 0.2) is 0 Å². The zero-order valence-corrected chi connectivity index (χ0v) is 14.8. The van der Waals surface area contributed by atoms with E-state index >= 15 is 0 Å². The average Bonchev–Trinajstić information content (AvgIpc) is 3.01. The van der Waals surface area contributed by atoms with Gasteiger partial charge in [0, 0.05) is 0 Å². The van der Waals surface area contributed by atoms with Crippen molar-refractivity contribution < 1.29 is 10.2 Å². The van der Waals surface area contributed by atoms with Gasteiger partial charge in [-0.3, -0.25) is 5.10 Å². The smallest absolute Gasteiger partial charge is 0.225 e. The quantitative estimate of drug-likeness (QED) is 0.474. The summed E-state index contributed by atoms with van der Waals surface area (Å²) in [4.78, 5) is 9.09. The first-order chi connectivity index (χ1) is 11.5. The van der Waals surface area contributed by atoms with Crippen LogP contribution in [0.3, 0.4) is 0 Å². The molecule has 2 rings (SSSR count). The molecule has 2 unspecified atom stereocenters. The molecule has 24 heavy (non-hydrogen) atoms. The summed E-state index contributed by atoms with van der Waals surface area (Å²) in [6, 6.07) is -0.209. The molecular weight excluding hydrogens is 308 g/mol. The molecule has 134 valence electrons. The van der Waals surface area contributed by atoms with E-state index < -0.39 is 0 Å². The van der Waals surface area contributed by atoms with Gasteiger partial charge in [-0.05, 0) is 18.8 Å². The summed E-state index contributed by atoms with van der Waals surface area (Å²) in [6.07, 6.45) is 1.53. The van der Waals surface area contributed by atoms with Crippen LogP contribution in [-0.2, 0) is 0 Å². The Morgan fingerprint density at radius 3 is 2.12 bits per heavy atom. The molecule has 2 heterocycles. The highest BCUT2D eigenvalue weighted by molar-refractivity contribution is 5.88. The van der Waals surface area contributed by atoms with E-state index in [2.05, 4.69) is 44.6 Å². The molecule has 0 spiro atoms. The molecule has 2 aromatic rings. The number of fused-ring (bicyclic) bond motifs is 1. The highest BCUT2D eigenvalue weighted by atomic mass is 16.3. The summed E-state index contributed by atoms with van der Waals surface area (Å²) in [5, 5.41) is 32.7. The molecule has 0 saturated heterocycles. The number of nitrogens with one attached hydrogen (secondary N) is 3. The van der Waals surface area contributed by atoms with Gasteiger partial charge in [0.25, 0.3) is 0 Å². The van der Waals surface area contributed by atoms with E-state index in [1.54, 1.807) is 0 Å². The molecule has 2 aromatic heterocycles. The lowest BCUT2D eigenvalue weighted by Gasteiger charge is -2.18. The van der Waals surface area contributed by atoms with Crippen LogP contribution in [0.25, 0.3) is 11.0 Å². The SMILES string of the molecule is CCC(CO)Nc1nc(NC(CC)CO)c2n[nH]c(C(C)C)c2n1. The van der Waals surface area contributed by atoms with Gasteiger partial charge >= 0.3 is 0 Å². The van der Waals surface area contributed by atoms with Crippen molar-refractivity contribution in [3.8, 4) is 0 Å². The maximum atomic E-state index is 9.46. The Hall–Kier alpha value is -1.93.